The highest BCUT2D eigenvalue weighted by Crippen LogP contribution is 2.25. The number of allylic oxidation sites excluding steroid dienone is 1. The van der Waals surface area contributed by atoms with Crippen molar-refractivity contribution in [3.8, 4) is 5.75 Å². The molecule has 0 saturated heterocycles. The number of halogens is 1. The summed E-state index contributed by atoms with van der Waals surface area (Å²) >= 11 is 6.02. The van der Waals surface area contributed by atoms with Crippen LogP contribution >= 0.6 is 11.6 Å². The quantitative estimate of drug-likeness (QED) is 0.457. The fourth-order valence-electron chi connectivity index (χ4n) is 1.32. The van der Waals surface area contributed by atoms with E-state index in [1.165, 1.54) is 13.2 Å². The molecule has 0 spiro atoms. The molecule has 19 heavy (non-hydrogen) atoms. The molecule has 0 aliphatic heterocycles. The molecule has 102 valence electrons. The summed E-state index contributed by atoms with van der Waals surface area (Å²) in [5.41, 5.74) is 0.865. The Morgan fingerprint density at radius 2 is 2.05 bits per heavy atom. The van der Waals surface area contributed by atoms with Gasteiger partial charge < -0.3 is 9.47 Å². The number of carbonyl (C=O) groups excluding carboxylic acids is 2. The highest BCUT2D eigenvalue weighted by molar-refractivity contribution is 6.35. The van der Waals surface area contributed by atoms with Gasteiger partial charge >= 0.3 is 5.97 Å². The Balaban J connectivity index is 2.83. The third-order valence-corrected chi connectivity index (χ3v) is 2.83. The monoisotopic (exact) mass is 282 g/mol. The van der Waals surface area contributed by atoms with Crippen LogP contribution in [0.2, 0.25) is 5.02 Å². The first-order chi connectivity index (χ1) is 8.99. The number of Topliss-reactive ketones (excluding diaryl/α,β-unsaturated/α-hetero) is 1. The summed E-state index contributed by atoms with van der Waals surface area (Å²) in [6, 6.07) is 4.61. The minimum atomic E-state index is -0.490. The second-order valence-corrected chi connectivity index (χ2v) is 4.20. The molecule has 0 aliphatic rings. The molecule has 0 fully saturated rings. The first-order valence-corrected chi connectivity index (χ1v) is 6.09. The topological polar surface area (TPSA) is 52.6 Å². The van der Waals surface area contributed by atoms with Crippen LogP contribution in [0.4, 0.5) is 0 Å². The Morgan fingerprint density at radius 1 is 1.37 bits per heavy atom. The lowest BCUT2D eigenvalue weighted by Crippen LogP contribution is -2.12. The lowest BCUT2D eigenvalue weighted by molar-refractivity contribution is -0.142. The van der Waals surface area contributed by atoms with Gasteiger partial charge in [0.05, 0.1) is 12.1 Å². The number of hydrogen-bond acceptors (Lipinski definition) is 4. The Morgan fingerprint density at radius 3 is 2.58 bits per heavy atom. The van der Waals surface area contributed by atoms with E-state index in [-0.39, 0.29) is 17.4 Å². The summed E-state index contributed by atoms with van der Waals surface area (Å²) in [4.78, 5) is 22.8. The van der Waals surface area contributed by atoms with Crippen molar-refractivity contribution in [2.45, 2.75) is 13.3 Å². The summed E-state index contributed by atoms with van der Waals surface area (Å²) in [5.74, 6) is -0.281. The average Bonchev–Trinajstić information content (AvgIpc) is 2.43. The predicted octanol–water partition coefficient (Wildman–Crippen LogP) is 3.04. The average molecular weight is 283 g/mol. The lowest BCUT2D eigenvalue weighted by Gasteiger charge is -2.08. The van der Waals surface area contributed by atoms with Gasteiger partial charge in [-0.1, -0.05) is 25.1 Å². The molecule has 1 aromatic rings. The van der Waals surface area contributed by atoms with E-state index in [4.69, 9.17) is 16.3 Å². The third kappa shape index (κ3) is 4.10. The van der Waals surface area contributed by atoms with Gasteiger partial charge in [-0.05, 0) is 30.2 Å². The molecule has 0 amide bonds. The molecular weight excluding hydrogens is 268 g/mol. The van der Waals surface area contributed by atoms with Crippen molar-refractivity contribution in [3.05, 3.63) is 40.9 Å². The van der Waals surface area contributed by atoms with Crippen LogP contribution in [0.25, 0.3) is 0 Å². The van der Waals surface area contributed by atoms with Crippen molar-refractivity contribution in [2.75, 3.05) is 13.7 Å². The molecule has 1 rings (SSSR count). The largest absolute Gasteiger partial charge is 0.482 e. The number of hydrogen-bond donors (Lipinski definition) is 0. The molecule has 0 heterocycles. The summed E-state index contributed by atoms with van der Waals surface area (Å²) in [7, 11) is 1.27. The van der Waals surface area contributed by atoms with Crippen LogP contribution in [0, 0.1) is 0 Å². The van der Waals surface area contributed by atoms with Gasteiger partial charge in [0.25, 0.3) is 0 Å². The van der Waals surface area contributed by atoms with Crippen LogP contribution in [0.1, 0.15) is 23.7 Å². The van der Waals surface area contributed by atoms with E-state index in [0.29, 0.717) is 23.3 Å². The minimum Gasteiger partial charge on any atom is -0.482 e. The van der Waals surface area contributed by atoms with Crippen LogP contribution in [0.5, 0.6) is 5.75 Å². The van der Waals surface area contributed by atoms with Crippen LogP contribution in [-0.2, 0) is 9.53 Å². The minimum absolute atomic E-state index is 0.188. The Hall–Kier alpha value is -1.81. The van der Waals surface area contributed by atoms with Crippen LogP contribution in [-0.4, -0.2) is 25.5 Å². The summed E-state index contributed by atoms with van der Waals surface area (Å²) in [6.45, 7) is 5.33. The summed E-state index contributed by atoms with van der Waals surface area (Å²) in [5, 5.41) is 0.266. The zero-order valence-corrected chi connectivity index (χ0v) is 11.6. The number of esters is 1. The number of ketones is 1. The smallest absolute Gasteiger partial charge is 0.343 e. The molecular formula is C14H15ClO4. The number of benzene rings is 1. The number of methoxy groups -OCH3 is 1. The van der Waals surface area contributed by atoms with Crippen molar-refractivity contribution in [1.29, 1.82) is 0 Å². The van der Waals surface area contributed by atoms with Gasteiger partial charge in [-0.25, -0.2) is 4.79 Å². The normalized spacial score (nSPS) is 9.84. The number of carbonyl (C=O) groups is 2. The van der Waals surface area contributed by atoms with E-state index in [2.05, 4.69) is 11.3 Å². The molecule has 0 radical (unpaired) electrons. The van der Waals surface area contributed by atoms with Crippen molar-refractivity contribution >= 4 is 23.4 Å². The van der Waals surface area contributed by atoms with Gasteiger partial charge in [-0.2, -0.15) is 0 Å². The standard InChI is InChI=1S/C14H15ClO4/c1-4-9(2)14(17)11-6-5-10(7-12(11)15)19-8-13(16)18-3/h5-7H,2,4,8H2,1,3H3. The zero-order valence-electron chi connectivity index (χ0n) is 10.9. The van der Waals surface area contributed by atoms with Gasteiger partial charge in [0.2, 0.25) is 0 Å². The molecule has 5 heteroatoms. The molecule has 0 saturated carbocycles. The van der Waals surface area contributed by atoms with Gasteiger partial charge in [-0.15, -0.1) is 0 Å². The Labute approximate surface area is 117 Å². The van der Waals surface area contributed by atoms with Gasteiger partial charge in [-0.3, -0.25) is 4.79 Å². The summed E-state index contributed by atoms with van der Waals surface area (Å²) in [6.07, 6.45) is 0.565. The van der Waals surface area contributed by atoms with E-state index >= 15 is 0 Å². The second-order valence-electron chi connectivity index (χ2n) is 3.79. The van der Waals surface area contributed by atoms with Gasteiger partial charge in [0.15, 0.2) is 12.4 Å². The Kier molecular flexibility index (Phi) is 5.57. The van der Waals surface area contributed by atoms with Crippen LogP contribution < -0.4 is 4.74 Å². The van der Waals surface area contributed by atoms with E-state index < -0.39 is 5.97 Å². The van der Waals surface area contributed by atoms with E-state index in [1.807, 2.05) is 6.92 Å². The first kappa shape index (κ1) is 15.2. The molecule has 0 aromatic heterocycles. The highest BCUT2D eigenvalue weighted by atomic mass is 35.5. The molecule has 0 unspecified atom stereocenters. The highest BCUT2D eigenvalue weighted by Gasteiger charge is 2.13. The predicted molar refractivity (Wildman–Crippen MR) is 72.7 cm³/mol. The lowest BCUT2D eigenvalue weighted by atomic mass is 10.0. The van der Waals surface area contributed by atoms with Crippen molar-refractivity contribution < 1.29 is 19.1 Å². The second kappa shape index (κ2) is 6.95. The van der Waals surface area contributed by atoms with Gasteiger partial charge in [0, 0.05) is 5.56 Å². The van der Waals surface area contributed by atoms with E-state index in [1.54, 1.807) is 12.1 Å². The maximum atomic E-state index is 11.9. The molecule has 1 aromatic carbocycles. The van der Waals surface area contributed by atoms with Crippen molar-refractivity contribution in [2.24, 2.45) is 0 Å². The molecule has 0 atom stereocenters. The van der Waals surface area contributed by atoms with Gasteiger partial charge in [0.1, 0.15) is 5.75 Å². The molecule has 0 N–H and O–H groups in total. The maximum Gasteiger partial charge on any atom is 0.343 e. The summed E-state index contributed by atoms with van der Waals surface area (Å²) < 4.78 is 9.62. The number of rotatable bonds is 6. The van der Waals surface area contributed by atoms with E-state index in [9.17, 15) is 9.59 Å². The fourth-order valence-corrected chi connectivity index (χ4v) is 1.58. The van der Waals surface area contributed by atoms with Crippen LogP contribution in [0.15, 0.2) is 30.4 Å². The molecule has 0 bridgehead atoms. The van der Waals surface area contributed by atoms with Crippen molar-refractivity contribution in [3.63, 3.8) is 0 Å². The number of ether oxygens (including phenoxy) is 2. The SMILES string of the molecule is C=C(CC)C(=O)c1ccc(OCC(=O)OC)cc1Cl. The first-order valence-electron chi connectivity index (χ1n) is 5.71. The maximum absolute atomic E-state index is 11.9. The van der Waals surface area contributed by atoms with Crippen molar-refractivity contribution in [1.82, 2.24) is 0 Å². The fraction of sp³-hybridized carbons (Fsp3) is 0.286. The van der Waals surface area contributed by atoms with Crippen LogP contribution in [0.3, 0.4) is 0 Å². The third-order valence-electron chi connectivity index (χ3n) is 2.52. The molecule has 0 aliphatic carbocycles. The van der Waals surface area contributed by atoms with E-state index in [0.717, 1.165) is 0 Å². The zero-order chi connectivity index (χ0) is 14.4. The Bertz CT molecular complexity index is 508. The molecule has 4 nitrogen and oxygen atoms in total.